The predicted molar refractivity (Wildman–Crippen MR) is 116 cm³/mol. The number of hydrogen-bond donors (Lipinski definition) is 1. The fourth-order valence-corrected chi connectivity index (χ4v) is 3.24. The van der Waals surface area contributed by atoms with Crippen LogP contribution in [0, 0.1) is 0 Å². The highest BCUT2D eigenvalue weighted by Crippen LogP contribution is 2.16. The van der Waals surface area contributed by atoms with Crippen molar-refractivity contribution in [3.05, 3.63) is 61.2 Å². The van der Waals surface area contributed by atoms with E-state index >= 15 is 0 Å². The van der Waals surface area contributed by atoms with Gasteiger partial charge in [0.1, 0.15) is 0 Å². The minimum Gasteiger partial charge on any atom is -0.303 e. The van der Waals surface area contributed by atoms with Crippen molar-refractivity contribution in [1.29, 1.82) is 0 Å². The molecular weight excluding hydrogens is 424 g/mol. The predicted octanol–water partition coefficient (Wildman–Crippen LogP) is 2.68. The Bertz CT molecular complexity index is 1170. The minimum absolute atomic E-state index is 0.332. The molecule has 1 aromatic carbocycles. The number of hydrogen-bond acceptors (Lipinski definition) is 5. The molecule has 1 N–H and O–H groups in total. The van der Waals surface area contributed by atoms with Crippen LogP contribution in [0.5, 0.6) is 0 Å². The first-order valence-electron chi connectivity index (χ1n) is 8.81. The molecule has 0 fully saturated rings. The number of aromatic nitrogens is 4. The lowest BCUT2D eigenvalue weighted by Crippen LogP contribution is -2.37. The molecule has 0 atom stereocenters. The van der Waals surface area contributed by atoms with Crippen LogP contribution in [0.4, 0.5) is 5.95 Å². The zero-order chi connectivity index (χ0) is 20.3. The van der Waals surface area contributed by atoms with Crippen LogP contribution in [0.15, 0.2) is 49.5 Å². The van der Waals surface area contributed by atoms with E-state index in [9.17, 15) is 9.59 Å². The molecule has 0 amide bonds. The quantitative estimate of drug-likeness (QED) is 0.467. The van der Waals surface area contributed by atoms with Gasteiger partial charge < -0.3 is 4.57 Å². The number of rotatable bonds is 6. The summed E-state index contributed by atoms with van der Waals surface area (Å²) in [6.07, 6.45) is 4.34. The van der Waals surface area contributed by atoms with Crippen molar-refractivity contribution in [2.75, 3.05) is 5.43 Å². The third kappa shape index (κ3) is 3.84. The van der Waals surface area contributed by atoms with E-state index < -0.39 is 5.69 Å². The van der Waals surface area contributed by atoms with Gasteiger partial charge in [-0.15, -0.1) is 0 Å². The lowest BCUT2D eigenvalue weighted by atomic mass is 10.2. The topological polar surface area (TPSA) is 86.2 Å². The van der Waals surface area contributed by atoms with Gasteiger partial charge in [-0.3, -0.25) is 13.9 Å². The normalized spacial score (nSPS) is 12.2. The second-order valence-electron chi connectivity index (χ2n) is 6.27. The molecule has 0 aliphatic rings. The number of aryl methyl sites for hydroxylation is 2. The van der Waals surface area contributed by atoms with E-state index in [1.807, 2.05) is 43.3 Å². The van der Waals surface area contributed by atoms with Gasteiger partial charge in [-0.2, -0.15) is 10.1 Å². The lowest BCUT2D eigenvalue weighted by molar-refractivity contribution is 0.679. The summed E-state index contributed by atoms with van der Waals surface area (Å²) in [5.41, 5.74) is 3.84. The molecule has 0 unspecified atom stereocenters. The van der Waals surface area contributed by atoms with Crippen molar-refractivity contribution in [2.24, 2.45) is 19.2 Å². The van der Waals surface area contributed by atoms with E-state index in [4.69, 9.17) is 0 Å². The van der Waals surface area contributed by atoms with Crippen molar-refractivity contribution in [3.8, 4) is 0 Å². The van der Waals surface area contributed by atoms with Gasteiger partial charge in [0.2, 0.25) is 5.95 Å². The summed E-state index contributed by atoms with van der Waals surface area (Å²) in [6.45, 7) is 2.58. The first-order chi connectivity index (χ1) is 13.4. The summed E-state index contributed by atoms with van der Waals surface area (Å²) in [7, 11) is 3.06. The zero-order valence-corrected chi connectivity index (χ0v) is 17.5. The smallest absolute Gasteiger partial charge is 0.303 e. The van der Waals surface area contributed by atoms with Gasteiger partial charge in [-0.05, 0) is 34.0 Å². The SMILES string of the molecule is CCCn1c(NN=CC(Br)=Cc2ccccc2)nc2c1c(=O)n(C)c(=O)n2C. The Morgan fingerprint density at radius 3 is 2.61 bits per heavy atom. The minimum atomic E-state index is -0.415. The van der Waals surface area contributed by atoms with E-state index in [0.29, 0.717) is 23.7 Å². The maximum atomic E-state index is 12.6. The second-order valence-corrected chi connectivity index (χ2v) is 7.19. The van der Waals surface area contributed by atoms with E-state index in [0.717, 1.165) is 21.0 Å². The van der Waals surface area contributed by atoms with Crippen molar-refractivity contribution in [3.63, 3.8) is 0 Å². The number of halogens is 1. The number of benzene rings is 1. The monoisotopic (exact) mass is 444 g/mol. The Hall–Kier alpha value is -2.94. The summed E-state index contributed by atoms with van der Waals surface area (Å²) < 4.78 is 4.97. The molecule has 0 bridgehead atoms. The summed E-state index contributed by atoms with van der Waals surface area (Å²) in [4.78, 5) is 29.2. The first kappa shape index (κ1) is 19.8. The Labute approximate surface area is 170 Å². The third-order valence-corrected chi connectivity index (χ3v) is 4.69. The summed E-state index contributed by atoms with van der Waals surface area (Å²) >= 11 is 3.46. The molecule has 3 aromatic rings. The molecule has 0 saturated heterocycles. The molecule has 28 heavy (non-hydrogen) atoms. The fourth-order valence-electron chi connectivity index (χ4n) is 2.87. The van der Waals surface area contributed by atoms with Crippen LogP contribution in [0.25, 0.3) is 17.2 Å². The van der Waals surface area contributed by atoms with Crippen LogP contribution in [0.2, 0.25) is 0 Å². The van der Waals surface area contributed by atoms with Crippen LogP contribution in [0.3, 0.4) is 0 Å². The van der Waals surface area contributed by atoms with Crippen molar-refractivity contribution in [2.45, 2.75) is 19.9 Å². The van der Waals surface area contributed by atoms with E-state index in [-0.39, 0.29) is 5.56 Å². The lowest BCUT2D eigenvalue weighted by Gasteiger charge is -2.07. The standard InChI is InChI=1S/C19H21BrN6O2/c1-4-10-26-15-16(24(2)19(28)25(3)17(15)27)22-18(26)23-21-12-14(20)11-13-8-6-5-7-9-13/h5-9,11-12H,4,10H2,1-3H3,(H,22,23). The zero-order valence-electron chi connectivity index (χ0n) is 15.9. The van der Waals surface area contributed by atoms with E-state index in [1.54, 1.807) is 17.8 Å². The van der Waals surface area contributed by atoms with Crippen LogP contribution >= 0.6 is 15.9 Å². The Balaban J connectivity index is 1.97. The molecule has 146 valence electrons. The van der Waals surface area contributed by atoms with Crippen LogP contribution in [0.1, 0.15) is 18.9 Å². The number of imidazole rings is 1. The number of anilines is 1. The largest absolute Gasteiger partial charge is 0.332 e. The Morgan fingerprint density at radius 1 is 1.21 bits per heavy atom. The molecule has 0 aliphatic heterocycles. The van der Waals surface area contributed by atoms with Crippen LogP contribution in [-0.2, 0) is 20.6 Å². The van der Waals surface area contributed by atoms with Crippen molar-refractivity contribution >= 4 is 45.3 Å². The maximum absolute atomic E-state index is 12.6. The summed E-state index contributed by atoms with van der Waals surface area (Å²) in [5, 5.41) is 4.21. The number of allylic oxidation sites excluding steroid dienone is 1. The average molecular weight is 445 g/mol. The number of fused-ring (bicyclic) bond motifs is 1. The molecular formula is C19H21BrN6O2. The van der Waals surface area contributed by atoms with E-state index in [1.165, 1.54) is 11.6 Å². The van der Waals surface area contributed by atoms with Gasteiger partial charge in [0.05, 0.1) is 6.21 Å². The van der Waals surface area contributed by atoms with Crippen LogP contribution in [-0.4, -0.2) is 24.9 Å². The van der Waals surface area contributed by atoms with Gasteiger partial charge in [-0.1, -0.05) is 37.3 Å². The molecule has 2 heterocycles. The highest BCUT2D eigenvalue weighted by Gasteiger charge is 2.18. The molecule has 0 aliphatic carbocycles. The molecule has 0 radical (unpaired) electrons. The Kier molecular flexibility index (Phi) is 5.93. The summed E-state index contributed by atoms with van der Waals surface area (Å²) in [5.74, 6) is 0.409. The highest BCUT2D eigenvalue weighted by molar-refractivity contribution is 9.12. The fraction of sp³-hybridized carbons (Fsp3) is 0.263. The first-order valence-corrected chi connectivity index (χ1v) is 9.61. The molecule has 2 aromatic heterocycles. The summed E-state index contributed by atoms with van der Waals surface area (Å²) in [6, 6.07) is 9.84. The molecule has 0 spiro atoms. The molecule has 0 saturated carbocycles. The maximum Gasteiger partial charge on any atom is 0.332 e. The molecule has 3 rings (SSSR count). The second kappa shape index (κ2) is 8.39. The van der Waals surface area contributed by atoms with Crippen LogP contribution < -0.4 is 16.7 Å². The van der Waals surface area contributed by atoms with Crippen molar-refractivity contribution in [1.82, 2.24) is 18.7 Å². The Morgan fingerprint density at radius 2 is 1.93 bits per heavy atom. The van der Waals surface area contributed by atoms with Gasteiger partial charge in [-0.25, -0.2) is 10.2 Å². The van der Waals surface area contributed by atoms with Crippen molar-refractivity contribution < 1.29 is 0 Å². The average Bonchev–Trinajstić information content (AvgIpc) is 3.04. The van der Waals surface area contributed by atoms with Gasteiger partial charge in [0, 0.05) is 25.1 Å². The van der Waals surface area contributed by atoms with Gasteiger partial charge in [0.15, 0.2) is 11.2 Å². The molecule has 8 nitrogen and oxygen atoms in total. The number of nitrogens with one attached hydrogen (secondary N) is 1. The molecule has 9 heteroatoms. The van der Waals surface area contributed by atoms with E-state index in [2.05, 4.69) is 31.4 Å². The van der Waals surface area contributed by atoms with Gasteiger partial charge >= 0.3 is 5.69 Å². The number of nitrogens with zero attached hydrogens (tertiary/aromatic N) is 5. The van der Waals surface area contributed by atoms with Gasteiger partial charge in [0.25, 0.3) is 5.56 Å². The third-order valence-electron chi connectivity index (χ3n) is 4.25. The highest BCUT2D eigenvalue weighted by atomic mass is 79.9. The number of hydrazone groups is 1.